The van der Waals surface area contributed by atoms with E-state index >= 15 is 0 Å². The summed E-state index contributed by atoms with van der Waals surface area (Å²) in [6.45, 7) is 4.20. The second kappa shape index (κ2) is 6.58. The predicted octanol–water partition coefficient (Wildman–Crippen LogP) is 7.38. The Balaban J connectivity index is 1.74. The third-order valence-corrected chi connectivity index (χ3v) is 5.26. The monoisotopic (exact) mass is 363 g/mol. The molecular formula is C26H21NO. The van der Waals surface area contributed by atoms with Crippen molar-refractivity contribution in [3.05, 3.63) is 96.2 Å². The van der Waals surface area contributed by atoms with Crippen molar-refractivity contribution < 1.29 is 4.42 Å². The lowest BCUT2D eigenvalue weighted by atomic mass is 10.00. The summed E-state index contributed by atoms with van der Waals surface area (Å²) >= 11 is 0. The third kappa shape index (κ3) is 2.84. The van der Waals surface area contributed by atoms with Crippen LogP contribution in [0, 0.1) is 13.8 Å². The topological polar surface area (TPSA) is 28.9 Å². The number of aromatic amines is 1. The highest BCUT2D eigenvalue weighted by Crippen LogP contribution is 2.41. The lowest BCUT2D eigenvalue weighted by molar-refractivity contribution is 0.598. The van der Waals surface area contributed by atoms with E-state index in [4.69, 9.17) is 4.42 Å². The molecule has 0 radical (unpaired) electrons. The van der Waals surface area contributed by atoms with E-state index in [9.17, 15) is 0 Å². The number of aromatic nitrogens is 1. The number of benzene rings is 3. The van der Waals surface area contributed by atoms with Gasteiger partial charge in [0, 0.05) is 39.4 Å². The SMILES string of the molecule is Cc1ccc(-c2cc(-c3c[nH]c4ccccc34)c(-c3ccc(C)cc3)o2)cc1. The average Bonchev–Trinajstić information content (AvgIpc) is 3.33. The minimum Gasteiger partial charge on any atom is -0.455 e. The van der Waals surface area contributed by atoms with E-state index in [1.807, 2.05) is 0 Å². The number of aryl methyl sites for hydroxylation is 2. The highest BCUT2D eigenvalue weighted by Gasteiger charge is 2.18. The first-order chi connectivity index (χ1) is 13.7. The van der Waals surface area contributed by atoms with Gasteiger partial charge in [-0.1, -0.05) is 77.9 Å². The van der Waals surface area contributed by atoms with E-state index in [0.717, 1.165) is 39.3 Å². The number of rotatable bonds is 3. The Hall–Kier alpha value is -3.52. The zero-order chi connectivity index (χ0) is 19.1. The zero-order valence-electron chi connectivity index (χ0n) is 16.0. The molecule has 1 N–H and O–H groups in total. The fourth-order valence-electron chi connectivity index (χ4n) is 3.66. The number of nitrogens with one attached hydrogen (secondary N) is 1. The maximum absolute atomic E-state index is 6.43. The van der Waals surface area contributed by atoms with Gasteiger partial charge < -0.3 is 9.40 Å². The van der Waals surface area contributed by atoms with Crippen LogP contribution in [-0.4, -0.2) is 4.98 Å². The van der Waals surface area contributed by atoms with E-state index in [-0.39, 0.29) is 0 Å². The largest absolute Gasteiger partial charge is 0.455 e. The average molecular weight is 363 g/mol. The van der Waals surface area contributed by atoms with Gasteiger partial charge in [0.1, 0.15) is 11.5 Å². The Bertz CT molecular complexity index is 1250. The van der Waals surface area contributed by atoms with Crippen LogP contribution in [0.4, 0.5) is 0 Å². The molecule has 2 aromatic heterocycles. The summed E-state index contributed by atoms with van der Waals surface area (Å²) in [5.74, 6) is 1.79. The molecule has 0 unspecified atom stereocenters. The van der Waals surface area contributed by atoms with Crippen molar-refractivity contribution in [2.45, 2.75) is 13.8 Å². The van der Waals surface area contributed by atoms with Crippen molar-refractivity contribution in [1.82, 2.24) is 4.98 Å². The Morgan fingerprint density at radius 1 is 0.679 bits per heavy atom. The molecular weight excluding hydrogens is 342 g/mol. The Kier molecular flexibility index (Phi) is 3.91. The van der Waals surface area contributed by atoms with Crippen LogP contribution in [0.3, 0.4) is 0 Å². The molecule has 5 rings (SSSR count). The molecule has 0 aliphatic carbocycles. The minimum atomic E-state index is 0.885. The Labute approximate surface area is 164 Å². The summed E-state index contributed by atoms with van der Waals surface area (Å²) in [6.07, 6.45) is 2.08. The lowest BCUT2D eigenvalue weighted by Gasteiger charge is -2.03. The molecule has 0 amide bonds. The second-order valence-electron chi connectivity index (χ2n) is 7.33. The van der Waals surface area contributed by atoms with Gasteiger partial charge in [0.05, 0.1) is 0 Å². The van der Waals surface area contributed by atoms with Crippen LogP contribution in [0.25, 0.3) is 44.7 Å². The van der Waals surface area contributed by atoms with E-state index in [1.165, 1.54) is 16.5 Å². The lowest BCUT2D eigenvalue weighted by Crippen LogP contribution is -1.80. The summed E-state index contributed by atoms with van der Waals surface area (Å²) < 4.78 is 6.43. The molecule has 2 heterocycles. The van der Waals surface area contributed by atoms with Crippen molar-refractivity contribution in [3.63, 3.8) is 0 Å². The van der Waals surface area contributed by atoms with E-state index in [0.29, 0.717) is 0 Å². The van der Waals surface area contributed by atoms with Crippen LogP contribution < -0.4 is 0 Å². The zero-order valence-corrected chi connectivity index (χ0v) is 16.0. The molecule has 0 bridgehead atoms. The number of furan rings is 1. The molecule has 3 aromatic carbocycles. The molecule has 0 saturated carbocycles. The molecule has 0 atom stereocenters. The van der Waals surface area contributed by atoms with Gasteiger partial charge in [-0.25, -0.2) is 0 Å². The number of H-pyrrole nitrogens is 1. The predicted molar refractivity (Wildman–Crippen MR) is 116 cm³/mol. The standard InChI is InChI=1S/C26H21NO/c1-17-7-11-19(12-8-17)25-15-22(23-16-27-24-6-4-3-5-21(23)24)26(28-25)20-13-9-18(2)10-14-20/h3-16,27H,1-2H3. The van der Waals surface area contributed by atoms with E-state index < -0.39 is 0 Å². The van der Waals surface area contributed by atoms with E-state index in [2.05, 4.69) is 104 Å². The molecule has 0 fully saturated rings. The summed E-state index contributed by atoms with van der Waals surface area (Å²) in [5, 5.41) is 1.20. The quantitative estimate of drug-likeness (QED) is 0.356. The van der Waals surface area contributed by atoms with Crippen molar-refractivity contribution >= 4 is 10.9 Å². The molecule has 136 valence electrons. The Morgan fingerprint density at radius 3 is 2.04 bits per heavy atom. The molecule has 0 saturated heterocycles. The minimum absolute atomic E-state index is 0.885. The fraction of sp³-hybridized carbons (Fsp3) is 0.0769. The van der Waals surface area contributed by atoms with Crippen molar-refractivity contribution in [2.75, 3.05) is 0 Å². The van der Waals surface area contributed by atoms with Crippen molar-refractivity contribution in [1.29, 1.82) is 0 Å². The number of hydrogen-bond donors (Lipinski definition) is 1. The molecule has 28 heavy (non-hydrogen) atoms. The van der Waals surface area contributed by atoms with Crippen molar-refractivity contribution in [3.8, 4) is 33.8 Å². The summed E-state index contributed by atoms with van der Waals surface area (Å²) in [7, 11) is 0. The molecule has 0 spiro atoms. The van der Waals surface area contributed by atoms with Crippen LogP contribution >= 0.6 is 0 Å². The van der Waals surface area contributed by atoms with Crippen LogP contribution in [0.2, 0.25) is 0 Å². The van der Waals surface area contributed by atoms with Gasteiger partial charge in [-0.2, -0.15) is 0 Å². The van der Waals surface area contributed by atoms with Crippen LogP contribution in [0.5, 0.6) is 0 Å². The van der Waals surface area contributed by atoms with Crippen LogP contribution in [-0.2, 0) is 0 Å². The first-order valence-electron chi connectivity index (χ1n) is 9.53. The molecule has 2 nitrogen and oxygen atoms in total. The maximum Gasteiger partial charge on any atom is 0.142 e. The normalized spacial score (nSPS) is 11.2. The summed E-state index contributed by atoms with van der Waals surface area (Å²) in [5.41, 5.74) is 8.05. The Morgan fingerprint density at radius 2 is 1.32 bits per heavy atom. The van der Waals surface area contributed by atoms with Crippen molar-refractivity contribution in [2.24, 2.45) is 0 Å². The number of para-hydroxylation sites is 1. The summed E-state index contributed by atoms with van der Waals surface area (Å²) in [6, 6.07) is 27.5. The molecule has 2 heteroatoms. The highest BCUT2D eigenvalue weighted by atomic mass is 16.3. The van der Waals surface area contributed by atoms with Gasteiger partial charge in [0.2, 0.25) is 0 Å². The van der Waals surface area contributed by atoms with Crippen LogP contribution in [0.15, 0.2) is 89.5 Å². The fourth-order valence-corrected chi connectivity index (χ4v) is 3.66. The molecule has 5 aromatic rings. The third-order valence-electron chi connectivity index (χ3n) is 5.26. The molecule has 0 aliphatic heterocycles. The van der Waals surface area contributed by atoms with Gasteiger partial charge in [-0.3, -0.25) is 0 Å². The van der Waals surface area contributed by atoms with Gasteiger partial charge >= 0.3 is 0 Å². The smallest absolute Gasteiger partial charge is 0.142 e. The van der Waals surface area contributed by atoms with Gasteiger partial charge in [-0.05, 0) is 26.0 Å². The van der Waals surface area contributed by atoms with Gasteiger partial charge in [0.25, 0.3) is 0 Å². The van der Waals surface area contributed by atoms with E-state index in [1.54, 1.807) is 0 Å². The van der Waals surface area contributed by atoms with Gasteiger partial charge in [-0.15, -0.1) is 0 Å². The summed E-state index contributed by atoms with van der Waals surface area (Å²) in [4.78, 5) is 3.39. The second-order valence-corrected chi connectivity index (χ2v) is 7.33. The molecule has 0 aliphatic rings. The van der Waals surface area contributed by atoms with Gasteiger partial charge in [0.15, 0.2) is 0 Å². The number of hydrogen-bond acceptors (Lipinski definition) is 1. The van der Waals surface area contributed by atoms with Crippen LogP contribution in [0.1, 0.15) is 11.1 Å². The maximum atomic E-state index is 6.43. The number of fused-ring (bicyclic) bond motifs is 1. The highest BCUT2D eigenvalue weighted by molar-refractivity contribution is 5.99. The first kappa shape index (κ1) is 16.6. The first-order valence-corrected chi connectivity index (χ1v) is 9.53.